The van der Waals surface area contributed by atoms with Gasteiger partial charge >= 0.3 is 12.1 Å². The Balaban J connectivity index is 1.99. The molecule has 2 aromatic carbocycles. The van der Waals surface area contributed by atoms with Crippen molar-refractivity contribution in [3.8, 4) is 11.1 Å². The van der Waals surface area contributed by atoms with Crippen LogP contribution in [-0.4, -0.2) is 30.9 Å². The average Bonchev–Trinajstić information content (AvgIpc) is 2.96. The summed E-state index contributed by atoms with van der Waals surface area (Å²) in [6.07, 6.45) is -5.05. The Morgan fingerprint density at radius 1 is 1.00 bits per heavy atom. The molecule has 1 aliphatic heterocycles. The van der Waals surface area contributed by atoms with Gasteiger partial charge in [-0.05, 0) is 30.2 Å². The van der Waals surface area contributed by atoms with E-state index in [1.54, 1.807) is 24.3 Å². The van der Waals surface area contributed by atoms with Gasteiger partial charge in [-0.2, -0.15) is 23.3 Å². The molecule has 0 aliphatic carbocycles. The molecule has 5 nitrogen and oxygen atoms in total. The lowest BCUT2D eigenvalue weighted by atomic mass is 10.0. The number of benzene rings is 2. The van der Waals surface area contributed by atoms with Crippen LogP contribution in [0.1, 0.15) is 6.92 Å². The van der Waals surface area contributed by atoms with Gasteiger partial charge in [0, 0.05) is 0 Å². The number of alkyl halides is 3. The van der Waals surface area contributed by atoms with Gasteiger partial charge in [-0.15, -0.1) is 0 Å². The zero-order valence-electron chi connectivity index (χ0n) is 14.9. The number of hydrazone groups is 1. The van der Waals surface area contributed by atoms with Crippen LogP contribution in [0.5, 0.6) is 0 Å². The van der Waals surface area contributed by atoms with E-state index in [0.717, 1.165) is 23.2 Å². The standard InChI is InChI=1S/C20H15F3N2O3/c1-12-16(17(19(27)28-2)20(21,22)23)18(26)25(24-12)15-10-8-14(9-11-15)13-6-4-3-5-7-13/h3-11H,1-2H3. The molecule has 144 valence electrons. The van der Waals surface area contributed by atoms with Gasteiger partial charge in [0.05, 0.1) is 24.1 Å². The fourth-order valence-corrected chi connectivity index (χ4v) is 2.86. The highest BCUT2D eigenvalue weighted by atomic mass is 19.4. The molecule has 0 spiro atoms. The highest BCUT2D eigenvalue weighted by Gasteiger charge is 2.47. The molecular weight excluding hydrogens is 373 g/mol. The number of carbonyl (C=O) groups excluding carboxylic acids is 2. The maximum Gasteiger partial charge on any atom is 0.424 e. The molecule has 8 heteroatoms. The normalized spacial score (nSPS) is 16.1. The molecule has 0 aromatic heterocycles. The number of esters is 1. The van der Waals surface area contributed by atoms with E-state index in [1.807, 2.05) is 30.3 Å². The number of ether oxygens (including phenoxy) is 1. The fourth-order valence-electron chi connectivity index (χ4n) is 2.86. The molecule has 0 saturated heterocycles. The fraction of sp³-hybridized carbons (Fsp3) is 0.150. The zero-order valence-corrected chi connectivity index (χ0v) is 14.9. The van der Waals surface area contributed by atoms with Gasteiger partial charge in [0.2, 0.25) is 0 Å². The molecule has 0 saturated carbocycles. The molecule has 1 amide bonds. The second kappa shape index (κ2) is 7.30. The van der Waals surface area contributed by atoms with Crippen molar-refractivity contribution in [1.29, 1.82) is 0 Å². The number of methoxy groups -OCH3 is 1. The quantitative estimate of drug-likeness (QED) is 0.587. The van der Waals surface area contributed by atoms with Crippen molar-refractivity contribution in [2.24, 2.45) is 5.10 Å². The lowest BCUT2D eigenvalue weighted by Gasteiger charge is -2.15. The summed E-state index contributed by atoms with van der Waals surface area (Å²) in [4.78, 5) is 24.3. The van der Waals surface area contributed by atoms with E-state index in [0.29, 0.717) is 0 Å². The highest BCUT2D eigenvalue weighted by molar-refractivity contribution is 6.32. The molecular formula is C20H15F3N2O3. The maximum atomic E-state index is 13.3. The van der Waals surface area contributed by atoms with Gasteiger partial charge in [0.25, 0.3) is 5.91 Å². The van der Waals surface area contributed by atoms with Crippen LogP contribution in [0.15, 0.2) is 70.8 Å². The molecule has 2 aromatic rings. The molecule has 3 rings (SSSR count). The van der Waals surface area contributed by atoms with E-state index >= 15 is 0 Å². The molecule has 1 aliphatic rings. The van der Waals surface area contributed by atoms with E-state index in [9.17, 15) is 22.8 Å². The third kappa shape index (κ3) is 3.53. The molecule has 0 radical (unpaired) electrons. The summed E-state index contributed by atoms with van der Waals surface area (Å²) in [5, 5.41) is 4.75. The molecule has 0 N–H and O–H groups in total. The minimum atomic E-state index is -5.05. The van der Waals surface area contributed by atoms with E-state index in [2.05, 4.69) is 9.84 Å². The molecule has 0 bridgehead atoms. The highest BCUT2D eigenvalue weighted by Crippen LogP contribution is 2.34. The summed E-state index contributed by atoms with van der Waals surface area (Å²) in [6.45, 7) is 1.24. The van der Waals surface area contributed by atoms with Gasteiger partial charge in [-0.1, -0.05) is 42.5 Å². The molecule has 28 heavy (non-hydrogen) atoms. The number of anilines is 1. The van der Waals surface area contributed by atoms with Gasteiger partial charge < -0.3 is 4.74 Å². The van der Waals surface area contributed by atoms with Crippen LogP contribution in [0.3, 0.4) is 0 Å². The van der Waals surface area contributed by atoms with Crippen LogP contribution in [-0.2, 0) is 14.3 Å². The van der Waals surface area contributed by atoms with Crippen LogP contribution < -0.4 is 5.01 Å². The van der Waals surface area contributed by atoms with Crippen LogP contribution in [0.2, 0.25) is 0 Å². The van der Waals surface area contributed by atoms with E-state index in [4.69, 9.17) is 0 Å². The van der Waals surface area contributed by atoms with E-state index in [-0.39, 0.29) is 11.4 Å². The number of carbonyl (C=O) groups is 2. The Hall–Kier alpha value is -3.42. The number of amides is 1. The number of nitrogens with zero attached hydrogens (tertiary/aromatic N) is 2. The first-order valence-corrected chi connectivity index (χ1v) is 8.19. The van der Waals surface area contributed by atoms with Crippen molar-refractivity contribution >= 4 is 23.3 Å². The van der Waals surface area contributed by atoms with Crippen LogP contribution in [0.25, 0.3) is 11.1 Å². The largest absolute Gasteiger partial charge is 0.465 e. The monoisotopic (exact) mass is 388 g/mol. The lowest BCUT2D eigenvalue weighted by Crippen LogP contribution is -2.29. The van der Waals surface area contributed by atoms with Crippen molar-refractivity contribution in [3.05, 3.63) is 65.7 Å². The summed E-state index contributed by atoms with van der Waals surface area (Å²) in [6, 6.07) is 16.1. The first-order valence-electron chi connectivity index (χ1n) is 8.19. The average molecular weight is 388 g/mol. The summed E-state index contributed by atoms with van der Waals surface area (Å²) in [5.74, 6) is -2.67. The minimum absolute atomic E-state index is 0.213. The van der Waals surface area contributed by atoms with Crippen LogP contribution >= 0.6 is 0 Å². The summed E-state index contributed by atoms with van der Waals surface area (Å²) >= 11 is 0. The SMILES string of the molecule is COC(=O)C(=C1C(=O)N(c2ccc(-c3ccccc3)cc2)N=C1C)C(F)(F)F. The number of hydrogen-bond donors (Lipinski definition) is 0. The van der Waals surface area contributed by atoms with Crippen molar-refractivity contribution in [2.75, 3.05) is 12.1 Å². The van der Waals surface area contributed by atoms with Crippen LogP contribution in [0.4, 0.5) is 18.9 Å². The Morgan fingerprint density at radius 3 is 2.11 bits per heavy atom. The minimum Gasteiger partial charge on any atom is -0.465 e. The second-order valence-electron chi connectivity index (χ2n) is 5.95. The smallest absolute Gasteiger partial charge is 0.424 e. The molecule has 0 unspecified atom stereocenters. The Morgan fingerprint density at radius 2 is 1.57 bits per heavy atom. The number of halogens is 3. The summed E-state index contributed by atoms with van der Waals surface area (Å²) in [7, 11) is 0.820. The number of rotatable bonds is 3. The van der Waals surface area contributed by atoms with Gasteiger partial charge in [-0.3, -0.25) is 4.79 Å². The molecule has 0 atom stereocenters. The van der Waals surface area contributed by atoms with E-state index in [1.165, 1.54) is 6.92 Å². The second-order valence-corrected chi connectivity index (χ2v) is 5.95. The molecule has 0 fully saturated rings. The maximum absolute atomic E-state index is 13.3. The lowest BCUT2D eigenvalue weighted by molar-refractivity contribution is -0.148. The van der Waals surface area contributed by atoms with Gasteiger partial charge in [0.1, 0.15) is 0 Å². The first kappa shape index (κ1) is 19.3. The Bertz CT molecular complexity index is 978. The van der Waals surface area contributed by atoms with Crippen molar-refractivity contribution < 1.29 is 27.5 Å². The predicted molar refractivity (Wildman–Crippen MR) is 97.6 cm³/mol. The topological polar surface area (TPSA) is 59.0 Å². The third-order valence-electron chi connectivity index (χ3n) is 4.16. The Kier molecular flexibility index (Phi) is 5.04. The summed E-state index contributed by atoms with van der Waals surface area (Å²) in [5.41, 5.74) is -0.582. The molecule has 1 heterocycles. The zero-order chi connectivity index (χ0) is 20.5. The van der Waals surface area contributed by atoms with Crippen LogP contribution in [0, 0.1) is 0 Å². The van der Waals surface area contributed by atoms with Gasteiger partial charge in [0.15, 0.2) is 5.57 Å². The van der Waals surface area contributed by atoms with Gasteiger partial charge in [-0.25, -0.2) is 4.79 Å². The number of hydrogen-bond acceptors (Lipinski definition) is 4. The summed E-state index contributed by atoms with van der Waals surface area (Å²) < 4.78 is 44.2. The Labute approximate surface area is 158 Å². The third-order valence-corrected chi connectivity index (χ3v) is 4.16. The van der Waals surface area contributed by atoms with Crippen molar-refractivity contribution in [3.63, 3.8) is 0 Å². The van der Waals surface area contributed by atoms with Crippen molar-refractivity contribution in [1.82, 2.24) is 0 Å². The van der Waals surface area contributed by atoms with E-state index < -0.39 is 29.2 Å². The van der Waals surface area contributed by atoms with Crippen molar-refractivity contribution in [2.45, 2.75) is 13.1 Å². The first-order chi connectivity index (χ1) is 13.2. The predicted octanol–water partition coefficient (Wildman–Crippen LogP) is 4.11.